The Balaban J connectivity index is 1.60. The second-order valence-corrected chi connectivity index (χ2v) is 6.57. The van der Waals surface area contributed by atoms with Crippen LogP contribution in [0.2, 0.25) is 0 Å². The van der Waals surface area contributed by atoms with Gasteiger partial charge in [-0.15, -0.1) is 0 Å². The second-order valence-electron chi connectivity index (χ2n) is 6.57. The van der Waals surface area contributed by atoms with Gasteiger partial charge in [-0.3, -0.25) is 4.79 Å². The molecule has 5 heteroatoms. The lowest BCUT2D eigenvalue weighted by molar-refractivity contribution is -0.123. The fraction of sp³-hybridized carbons (Fsp3) is 0.938. The molecule has 2 rings (SSSR count). The van der Waals surface area contributed by atoms with Crippen molar-refractivity contribution in [2.75, 3.05) is 32.8 Å². The summed E-state index contributed by atoms with van der Waals surface area (Å²) in [5.74, 6) is 0.0438. The molecular formula is C16H30N2O3. The van der Waals surface area contributed by atoms with Crippen molar-refractivity contribution in [2.24, 2.45) is 5.41 Å². The van der Waals surface area contributed by atoms with Gasteiger partial charge in [0.2, 0.25) is 5.91 Å². The van der Waals surface area contributed by atoms with Crippen molar-refractivity contribution in [1.82, 2.24) is 10.6 Å². The fourth-order valence-corrected chi connectivity index (χ4v) is 3.35. The largest absolute Gasteiger partial charge is 0.396 e. The van der Waals surface area contributed by atoms with Gasteiger partial charge in [-0.05, 0) is 38.8 Å². The van der Waals surface area contributed by atoms with E-state index in [9.17, 15) is 9.90 Å². The molecule has 0 atom stereocenters. The minimum absolute atomic E-state index is 0.0438. The molecule has 1 heterocycles. The Morgan fingerprint density at radius 2 is 1.95 bits per heavy atom. The Morgan fingerprint density at radius 3 is 2.62 bits per heavy atom. The Bertz CT molecular complexity index is 311. The molecule has 2 aliphatic rings. The first-order valence-electron chi connectivity index (χ1n) is 8.44. The van der Waals surface area contributed by atoms with Gasteiger partial charge in [0.15, 0.2) is 0 Å². The van der Waals surface area contributed by atoms with Gasteiger partial charge >= 0.3 is 0 Å². The molecule has 1 aliphatic carbocycles. The van der Waals surface area contributed by atoms with Gasteiger partial charge in [-0.1, -0.05) is 19.3 Å². The molecule has 0 aromatic carbocycles. The van der Waals surface area contributed by atoms with Crippen LogP contribution in [0, 0.1) is 5.41 Å². The van der Waals surface area contributed by atoms with Gasteiger partial charge in [0.1, 0.15) is 0 Å². The summed E-state index contributed by atoms with van der Waals surface area (Å²) in [4.78, 5) is 11.9. The van der Waals surface area contributed by atoms with E-state index in [1.807, 2.05) is 0 Å². The summed E-state index contributed by atoms with van der Waals surface area (Å²) >= 11 is 0. The summed E-state index contributed by atoms with van der Waals surface area (Å²) in [6, 6.07) is 0. The van der Waals surface area contributed by atoms with Gasteiger partial charge in [0, 0.05) is 18.4 Å². The number of carbonyl (C=O) groups is 1. The highest BCUT2D eigenvalue weighted by atomic mass is 16.5. The Morgan fingerprint density at radius 1 is 1.24 bits per heavy atom. The van der Waals surface area contributed by atoms with Crippen molar-refractivity contribution in [1.29, 1.82) is 0 Å². The Kier molecular flexibility index (Phi) is 6.93. The van der Waals surface area contributed by atoms with E-state index in [1.165, 1.54) is 6.42 Å². The molecule has 2 fully saturated rings. The predicted octanol–water partition coefficient (Wildman–Crippen LogP) is 1.20. The SMILES string of the molecule is O=C(CCOC1CCNCC1)NCC1(CO)CCCCC1. The summed E-state index contributed by atoms with van der Waals surface area (Å²) < 4.78 is 5.75. The van der Waals surface area contributed by atoms with Crippen LogP contribution >= 0.6 is 0 Å². The van der Waals surface area contributed by atoms with Crippen LogP contribution < -0.4 is 10.6 Å². The van der Waals surface area contributed by atoms with Crippen LogP contribution in [-0.4, -0.2) is 50.0 Å². The van der Waals surface area contributed by atoms with E-state index in [2.05, 4.69) is 10.6 Å². The van der Waals surface area contributed by atoms with Gasteiger partial charge in [0.05, 0.1) is 19.3 Å². The molecule has 0 aromatic rings. The predicted molar refractivity (Wildman–Crippen MR) is 82.1 cm³/mol. The highest BCUT2D eigenvalue weighted by Gasteiger charge is 2.31. The molecule has 0 spiro atoms. The molecule has 21 heavy (non-hydrogen) atoms. The summed E-state index contributed by atoms with van der Waals surface area (Å²) in [7, 11) is 0. The van der Waals surface area contributed by atoms with E-state index in [-0.39, 0.29) is 17.9 Å². The number of nitrogens with one attached hydrogen (secondary N) is 2. The molecule has 0 unspecified atom stereocenters. The van der Waals surface area contributed by atoms with E-state index in [0.717, 1.165) is 51.6 Å². The van der Waals surface area contributed by atoms with Gasteiger partial charge in [-0.2, -0.15) is 0 Å². The highest BCUT2D eigenvalue weighted by Crippen LogP contribution is 2.35. The molecule has 1 saturated heterocycles. The van der Waals surface area contributed by atoms with E-state index in [0.29, 0.717) is 25.7 Å². The zero-order chi connectivity index (χ0) is 15.0. The lowest BCUT2D eigenvalue weighted by Gasteiger charge is -2.35. The number of rotatable bonds is 7. The Hall–Kier alpha value is -0.650. The standard InChI is InChI=1S/C16H30N2O3/c19-13-16(7-2-1-3-8-16)12-18-15(20)6-11-21-14-4-9-17-10-5-14/h14,17,19H,1-13H2,(H,18,20). The lowest BCUT2D eigenvalue weighted by Crippen LogP contribution is -2.41. The monoisotopic (exact) mass is 298 g/mol. The smallest absolute Gasteiger partial charge is 0.222 e. The van der Waals surface area contributed by atoms with Gasteiger partial charge in [-0.25, -0.2) is 0 Å². The third kappa shape index (κ3) is 5.57. The maximum Gasteiger partial charge on any atom is 0.222 e. The van der Waals surface area contributed by atoms with Crippen molar-refractivity contribution in [3.05, 3.63) is 0 Å². The van der Waals surface area contributed by atoms with E-state index < -0.39 is 0 Å². The quantitative estimate of drug-likeness (QED) is 0.660. The minimum atomic E-state index is -0.0796. The van der Waals surface area contributed by atoms with Crippen LogP contribution in [0.15, 0.2) is 0 Å². The van der Waals surface area contributed by atoms with Crippen molar-refractivity contribution < 1.29 is 14.6 Å². The minimum Gasteiger partial charge on any atom is -0.396 e. The molecule has 1 amide bonds. The molecule has 122 valence electrons. The summed E-state index contributed by atoms with van der Waals surface area (Å²) in [6.45, 7) is 3.31. The normalized spacial score (nSPS) is 22.9. The maximum absolute atomic E-state index is 11.9. The number of aliphatic hydroxyl groups excluding tert-OH is 1. The average molecular weight is 298 g/mol. The molecule has 3 N–H and O–H groups in total. The van der Waals surface area contributed by atoms with Crippen LogP contribution in [0.25, 0.3) is 0 Å². The molecule has 0 radical (unpaired) electrons. The highest BCUT2D eigenvalue weighted by molar-refractivity contribution is 5.76. The van der Waals surface area contributed by atoms with Crippen LogP contribution in [0.4, 0.5) is 0 Å². The molecule has 1 saturated carbocycles. The molecule has 0 bridgehead atoms. The summed E-state index contributed by atoms with van der Waals surface area (Å²) in [5, 5.41) is 15.9. The number of amides is 1. The summed E-state index contributed by atoms with van der Waals surface area (Å²) in [6.07, 6.45) is 8.42. The van der Waals surface area contributed by atoms with E-state index in [1.54, 1.807) is 0 Å². The van der Waals surface area contributed by atoms with Crippen molar-refractivity contribution in [3.8, 4) is 0 Å². The van der Waals surface area contributed by atoms with Gasteiger partial charge in [0.25, 0.3) is 0 Å². The second kappa shape index (κ2) is 8.71. The van der Waals surface area contributed by atoms with Crippen LogP contribution in [0.3, 0.4) is 0 Å². The van der Waals surface area contributed by atoms with E-state index >= 15 is 0 Å². The third-order valence-electron chi connectivity index (χ3n) is 4.88. The number of piperidine rings is 1. The lowest BCUT2D eigenvalue weighted by atomic mass is 9.74. The number of hydrogen-bond acceptors (Lipinski definition) is 4. The zero-order valence-corrected chi connectivity index (χ0v) is 13.0. The van der Waals surface area contributed by atoms with Crippen molar-refractivity contribution in [3.63, 3.8) is 0 Å². The van der Waals surface area contributed by atoms with Crippen molar-refractivity contribution in [2.45, 2.75) is 57.5 Å². The van der Waals surface area contributed by atoms with Gasteiger partial charge < -0.3 is 20.5 Å². The third-order valence-corrected chi connectivity index (χ3v) is 4.88. The summed E-state index contributed by atoms with van der Waals surface area (Å²) in [5.41, 5.74) is -0.0796. The van der Waals surface area contributed by atoms with Crippen LogP contribution in [-0.2, 0) is 9.53 Å². The first-order valence-corrected chi connectivity index (χ1v) is 8.44. The topological polar surface area (TPSA) is 70.6 Å². The number of aliphatic hydroxyl groups is 1. The van der Waals surface area contributed by atoms with Crippen LogP contribution in [0.1, 0.15) is 51.4 Å². The first kappa shape index (κ1) is 16.7. The van der Waals surface area contributed by atoms with E-state index in [4.69, 9.17) is 4.74 Å². The van der Waals surface area contributed by atoms with Crippen molar-refractivity contribution >= 4 is 5.91 Å². The molecule has 1 aliphatic heterocycles. The maximum atomic E-state index is 11.9. The number of ether oxygens (including phenoxy) is 1. The molecule has 0 aromatic heterocycles. The van der Waals surface area contributed by atoms with Crippen LogP contribution in [0.5, 0.6) is 0 Å². The average Bonchev–Trinajstić information content (AvgIpc) is 2.55. The molecule has 5 nitrogen and oxygen atoms in total. The molecular weight excluding hydrogens is 268 g/mol. The number of carbonyl (C=O) groups excluding carboxylic acids is 1. The zero-order valence-electron chi connectivity index (χ0n) is 13.0. The number of hydrogen-bond donors (Lipinski definition) is 3. The Labute approximate surface area is 127 Å². The fourth-order valence-electron chi connectivity index (χ4n) is 3.35. The first-order chi connectivity index (χ1) is 10.2.